The first-order valence-electron chi connectivity index (χ1n) is 6.88. The van der Waals surface area contributed by atoms with Crippen molar-refractivity contribution < 1.29 is 9.90 Å². The van der Waals surface area contributed by atoms with Gasteiger partial charge in [-0.1, -0.05) is 29.8 Å². The number of thiophene rings is 1. The maximum atomic E-state index is 11.9. The maximum Gasteiger partial charge on any atom is 0.311 e. The Kier molecular flexibility index (Phi) is 3.91. The summed E-state index contributed by atoms with van der Waals surface area (Å²) in [7, 11) is 0. The summed E-state index contributed by atoms with van der Waals surface area (Å²) in [6.45, 7) is 2.04. The van der Waals surface area contributed by atoms with Gasteiger partial charge in [-0.3, -0.25) is 4.79 Å². The molecule has 3 rings (SSSR count). The minimum absolute atomic E-state index is 0.0236. The van der Waals surface area contributed by atoms with Gasteiger partial charge in [0.2, 0.25) is 0 Å². The predicted octanol–water partition coefficient (Wildman–Crippen LogP) is 4.24. The number of benzene rings is 1. The number of rotatable bonds is 3. The van der Waals surface area contributed by atoms with Crippen LogP contribution in [0.15, 0.2) is 35.7 Å². The molecule has 0 aliphatic carbocycles. The van der Waals surface area contributed by atoms with E-state index in [9.17, 15) is 9.90 Å². The second-order valence-electron chi connectivity index (χ2n) is 5.41. The second-order valence-corrected chi connectivity index (χ2v) is 6.74. The minimum atomic E-state index is -0.819. The average molecular weight is 322 g/mol. The number of anilines is 1. The number of hydrogen-bond donors (Lipinski definition) is 2. The lowest BCUT2D eigenvalue weighted by Gasteiger charge is -2.35. The predicted molar refractivity (Wildman–Crippen MR) is 86.4 cm³/mol. The zero-order valence-corrected chi connectivity index (χ0v) is 13.1. The molecule has 110 valence electrons. The molecule has 1 aromatic carbocycles. The molecule has 0 amide bonds. The third-order valence-corrected chi connectivity index (χ3v) is 5.37. The Balaban J connectivity index is 1.99. The zero-order valence-electron chi connectivity index (χ0n) is 11.5. The summed E-state index contributed by atoms with van der Waals surface area (Å²) in [5.41, 5.74) is 1.89. The van der Waals surface area contributed by atoms with E-state index in [0.29, 0.717) is 10.6 Å². The largest absolute Gasteiger partial charge is 0.481 e. The summed E-state index contributed by atoms with van der Waals surface area (Å²) in [6.07, 6.45) is 0.759. The van der Waals surface area contributed by atoms with Gasteiger partial charge in [-0.2, -0.15) is 0 Å². The molecular formula is C16H16ClNO2S. The normalized spacial score (nSPS) is 22.2. The van der Waals surface area contributed by atoms with E-state index in [2.05, 4.69) is 11.4 Å². The summed E-state index contributed by atoms with van der Waals surface area (Å²) >= 11 is 7.89. The fourth-order valence-electron chi connectivity index (χ4n) is 3.05. The molecule has 2 heterocycles. The highest BCUT2D eigenvalue weighted by molar-refractivity contribution is 7.14. The van der Waals surface area contributed by atoms with E-state index in [1.165, 1.54) is 5.56 Å². The fraction of sp³-hybridized carbons (Fsp3) is 0.312. The molecule has 2 aromatic rings. The third-order valence-electron chi connectivity index (χ3n) is 4.14. The average Bonchev–Trinajstić information content (AvgIpc) is 2.88. The molecule has 0 radical (unpaired) electrons. The van der Waals surface area contributed by atoms with Gasteiger partial charge in [0.15, 0.2) is 0 Å². The third kappa shape index (κ3) is 2.65. The molecule has 1 aromatic heterocycles. The summed E-state index contributed by atoms with van der Waals surface area (Å²) in [5.74, 6) is -1.45. The number of hydrogen-bond acceptors (Lipinski definition) is 3. The molecular weight excluding hydrogens is 306 g/mol. The van der Waals surface area contributed by atoms with Gasteiger partial charge in [-0.15, -0.1) is 11.3 Å². The first-order valence-corrected chi connectivity index (χ1v) is 8.14. The van der Waals surface area contributed by atoms with Crippen molar-refractivity contribution in [1.82, 2.24) is 0 Å². The molecule has 2 unspecified atom stereocenters. The van der Waals surface area contributed by atoms with Crippen molar-refractivity contribution in [3.05, 3.63) is 51.9 Å². The van der Waals surface area contributed by atoms with Crippen molar-refractivity contribution in [2.24, 2.45) is 5.92 Å². The van der Waals surface area contributed by atoms with E-state index < -0.39 is 11.9 Å². The van der Waals surface area contributed by atoms with Crippen LogP contribution in [0.4, 0.5) is 5.00 Å². The van der Waals surface area contributed by atoms with E-state index in [-0.39, 0.29) is 12.0 Å². The maximum absolute atomic E-state index is 11.9. The van der Waals surface area contributed by atoms with Crippen LogP contribution in [0.5, 0.6) is 0 Å². The Labute approximate surface area is 132 Å². The molecule has 0 saturated carbocycles. The Bertz CT molecular complexity index is 670. The van der Waals surface area contributed by atoms with Crippen molar-refractivity contribution in [3.8, 4) is 0 Å². The topological polar surface area (TPSA) is 49.3 Å². The monoisotopic (exact) mass is 321 g/mol. The highest BCUT2D eigenvalue weighted by Crippen LogP contribution is 2.41. The zero-order chi connectivity index (χ0) is 15.0. The molecule has 0 saturated heterocycles. The van der Waals surface area contributed by atoms with Gasteiger partial charge in [0.25, 0.3) is 0 Å². The molecule has 21 heavy (non-hydrogen) atoms. The van der Waals surface area contributed by atoms with Crippen LogP contribution in [-0.4, -0.2) is 17.1 Å². The van der Waals surface area contributed by atoms with E-state index in [4.69, 9.17) is 11.6 Å². The lowest BCUT2D eigenvalue weighted by atomic mass is 9.77. The number of carboxylic acid groups (broad SMARTS) is 1. The van der Waals surface area contributed by atoms with Gasteiger partial charge < -0.3 is 10.4 Å². The van der Waals surface area contributed by atoms with Gasteiger partial charge in [-0.05, 0) is 42.0 Å². The van der Waals surface area contributed by atoms with Crippen LogP contribution in [0.2, 0.25) is 5.02 Å². The van der Waals surface area contributed by atoms with Crippen molar-refractivity contribution in [1.29, 1.82) is 0 Å². The number of aliphatic carboxylic acids is 1. The van der Waals surface area contributed by atoms with E-state index >= 15 is 0 Å². The van der Waals surface area contributed by atoms with Gasteiger partial charge >= 0.3 is 5.97 Å². The van der Waals surface area contributed by atoms with E-state index in [1.807, 2.05) is 30.5 Å². The second kappa shape index (κ2) is 5.70. The van der Waals surface area contributed by atoms with Crippen LogP contribution in [-0.2, 0) is 11.2 Å². The van der Waals surface area contributed by atoms with Crippen molar-refractivity contribution in [3.63, 3.8) is 0 Å². The number of carbonyl (C=O) groups is 1. The Morgan fingerprint density at radius 2 is 2.19 bits per heavy atom. The summed E-state index contributed by atoms with van der Waals surface area (Å²) in [6, 6.07) is 9.39. The van der Waals surface area contributed by atoms with E-state index in [1.54, 1.807) is 17.4 Å². The summed E-state index contributed by atoms with van der Waals surface area (Å²) in [4.78, 5) is 11.9. The van der Waals surface area contributed by atoms with Crippen molar-refractivity contribution >= 4 is 33.9 Å². The first-order chi connectivity index (χ1) is 10.1. The van der Waals surface area contributed by atoms with Crippen LogP contribution in [0.1, 0.15) is 24.0 Å². The summed E-state index contributed by atoms with van der Waals surface area (Å²) < 4.78 is 0. The van der Waals surface area contributed by atoms with Crippen LogP contribution >= 0.6 is 22.9 Å². The standard InChI is InChI=1S/C16H16ClNO2S/c1-9-12(8-10-6-7-21-15(10)18-9)14(16(19)20)11-4-2-3-5-13(11)17/h2-7,9,12,14,18H,8H2,1H3,(H,19,20)/t9-,12?,14?/m0/s1. The Morgan fingerprint density at radius 1 is 1.43 bits per heavy atom. The molecule has 0 bridgehead atoms. The molecule has 5 heteroatoms. The lowest BCUT2D eigenvalue weighted by Crippen LogP contribution is -2.38. The first kappa shape index (κ1) is 14.4. The molecule has 1 aliphatic rings. The molecule has 1 aliphatic heterocycles. The molecule has 0 fully saturated rings. The molecule has 3 atom stereocenters. The number of nitrogens with one attached hydrogen (secondary N) is 1. The highest BCUT2D eigenvalue weighted by atomic mass is 35.5. The number of halogens is 1. The van der Waals surface area contributed by atoms with Crippen molar-refractivity contribution in [2.45, 2.75) is 25.3 Å². The van der Waals surface area contributed by atoms with Crippen LogP contribution in [0, 0.1) is 5.92 Å². The van der Waals surface area contributed by atoms with Gasteiger partial charge in [0, 0.05) is 17.0 Å². The minimum Gasteiger partial charge on any atom is -0.481 e. The van der Waals surface area contributed by atoms with Crippen LogP contribution < -0.4 is 5.32 Å². The number of carboxylic acids is 1. The molecule has 3 nitrogen and oxygen atoms in total. The Hall–Kier alpha value is -1.52. The smallest absolute Gasteiger partial charge is 0.311 e. The lowest BCUT2D eigenvalue weighted by molar-refractivity contribution is -0.140. The fourth-order valence-corrected chi connectivity index (χ4v) is 4.23. The van der Waals surface area contributed by atoms with Crippen LogP contribution in [0.3, 0.4) is 0 Å². The molecule has 0 spiro atoms. The van der Waals surface area contributed by atoms with Crippen molar-refractivity contribution in [2.75, 3.05) is 5.32 Å². The quantitative estimate of drug-likeness (QED) is 0.888. The SMILES string of the molecule is C[C@@H]1Nc2sccc2CC1C(C(=O)O)c1ccccc1Cl. The molecule has 2 N–H and O–H groups in total. The Morgan fingerprint density at radius 3 is 2.90 bits per heavy atom. The number of fused-ring (bicyclic) bond motifs is 1. The van der Waals surface area contributed by atoms with E-state index in [0.717, 1.165) is 11.4 Å². The summed E-state index contributed by atoms with van der Waals surface area (Å²) in [5, 5.41) is 16.9. The van der Waals surface area contributed by atoms with Gasteiger partial charge in [0.1, 0.15) is 0 Å². The van der Waals surface area contributed by atoms with Gasteiger partial charge in [0.05, 0.1) is 10.9 Å². The highest BCUT2D eigenvalue weighted by Gasteiger charge is 2.37. The van der Waals surface area contributed by atoms with Gasteiger partial charge in [-0.25, -0.2) is 0 Å². The van der Waals surface area contributed by atoms with Crippen LogP contribution in [0.25, 0.3) is 0 Å².